The molecule has 0 aromatic carbocycles. The van der Waals surface area contributed by atoms with Crippen molar-refractivity contribution in [3.8, 4) is 0 Å². The Kier molecular flexibility index (Phi) is 4.67. The highest BCUT2D eigenvalue weighted by molar-refractivity contribution is 7.90. The summed E-state index contributed by atoms with van der Waals surface area (Å²) in [4.78, 5) is 0. The lowest BCUT2D eigenvalue weighted by Crippen LogP contribution is -2.45. The first-order valence-corrected chi connectivity index (χ1v) is 8.76. The predicted molar refractivity (Wildman–Crippen MR) is 74.0 cm³/mol. The van der Waals surface area contributed by atoms with Crippen LogP contribution >= 0.6 is 0 Å². The van der Waals surface area contributed by atoms with Crippen LogP contribution in [0.15, 0.2) is 0 Å². The van der Waals surface area contributed by atoms with Gasteiger partial charge in [-0.05, 0) is 38.5 Å². The van der Waals surface area contributed by atoms with Crippen LogP contribution in [0.5, 0.6) is 0 Å². The Labute approximate surface area is 111 Å². The minimum Gasteiger partial charge on any atom is -0.313 e. The monoisotopic (exact) mass is 274 g/mol. The van der Waals surface area contributed by atoms with Gasteiger partial charge in [0.2, 0.25) is 10.0 Å². The number of hydrogen-bond acceptors (Lipinski definition) is 3. The van der Waals surface area contributed by atoms with Crippen molar-refractivity contribution in [1.82, 2.24) is 10.0 Å². The molecule has 3 atom stereocenters. The molecule has 2 rings (SSSR count). The molecule has 0 radical (unpaired) electrons. The molecule has 0 bridgehead atoms. The van der Waals surface area contributed by atoms with E-state index in [1.165, 1.54) is 19.3 Å². The number of rotatable bonds is 6. The van der Waals surface area contributed by atoms with Crippen LogP contribution in [0.4, 0.5) is 0 Å². The molecule has 0 aromatic rings. The molecule has 0 aliphatic heterocycles. The summed E-state index contributed by atoms with van der Waals surface area (Å²) in [5, 5.41) is 2.95. The second kappa shape index (κ2) is 5.88. The summed E-state index contributed by atoms with van der Waals surface area (Å²) in [5.74, 6) is 0.645. The largest absolute Gasteiger partial charge is 0.313 e. The molecule has 5 heteroatoms. The van der Waals surface area contributed by atoms with E-state index >= 15 is 0 Å². The minimum atomic E-state index is -3.16. The molecule has 0 saturated heterocycles. The summed E-state index contributed by atoms with van der Waals surface area (Å²) < 4.78 is 27.3. The van der Waals surface area contributed by atoms with Crippen molar-refractivity contribution < 1.29 is 8.42 Å². The van der Waals surface area contributed by atoms with Gasteiger partial charge in [0.1, 0.15) is 0 Å². The molecule has 0 heterocycles. The van der Waals surface area contributed by atoms with Gasteiger partial charge in [0.15, 0.2) is 0 Å². The van der Waals surface area contributed by atoms with Crippen molar-refractivity contribution in [2.75, 3.05) is 6.54 Å². The molecule has 2 N–H and O–H groups in total. The van der Waals surface area contributed by atoms with Crippen LogP contribution in [0.1, 0.15) is 52.4 Å². The van der Waals surface area contributed by atoms with Crippen LogP contribution in [0.2, 0.25) is 0 Å². The fourth-order valence-electron chi connectivity index (χ4n) is 2.62. The van der Waals surface area contributed by atoms with E-state index in [0.29, 0.717) is 18.5 Å². The highest BCUT2D eigenvalue weighted by Gasteiger charge is 2.29. The van der Waals surface area contributed by atoms with Gasteiger partial charge < -0.3 is 5.32 Å². The van der Waals surface area contributed by atoms with Gasteiger partial charge in [-0.2, -0.15) is 0 Å². The van der Waals surface area contributed by atoms with E-state index < -0.39 is 10.0 Å². The Morgan fingerprint density at radius 2 is 1.89 bits per heavy atom. The standard InChI is InChI=1S/C13H26N2O2S/c1-10-4-3-5-13(8-10)15-18(16,17)11(2)9-14-12-6-7-12/h10-15H,3-9H2,1-2H3. The van der Waals surface area contributed by atoms with Crippen molar-refractivity contribution >= 4 is 10.0 Å². The van der Waals surface area contributed by atoms with Crippen LogP contribution in [-0.4, -0.2) is 32.3 Å². The molecule has 2 fully saturated rings. The lowest BCUT2D eigenvalue weighted by Gasteiger charge is -2.28. The molecule has 2 aliphatic rings. The van der Waals surface area contributed by atoms with Crippen LogP contribution < -0.4 is 10.0 Å². The maximum absolute atomic E-state index is 12.2. The lowest BCUT2D eigenvalue weighted by atomic mass is 9.88. The van der Waals surface area contributed by atoms with Crippen LogP contribution in [0, 0.1) is 5.92 Å². The zero-order valence-corrected chi connectivity index (χ0v) is 12.3. The van der Waals surface area contributed by atoms with E-state index in [2.05, 4.69) is 17.0 Å². The van der Waals surface area contributed by atoms with Gasteiger partial charge >= 0.3 is 0 Å². The summed E-state index contributed by atoms with van der Waals surface area (Å²) in [5.41, 5.74) is 0. The SMILES string of the molecule is CC1CCCC(NS(=O)(=O)C(C)CNC2CC2)C1. The van der Waals surface area contributed by atoms with Crippen molar-refractivity contribution in [1.29, 1.82) is 0 Å². The Morgan fingerprint density at radius 3 is 2.50 bits per heavy atom. The van der Waals surface area contributed by atoms with Gasteiger partial charge in [-0.3, -0.25) is 0 Å². The van der Waals surface area contributed by atoms with E-state index in [1.807, 2.05) is 0 Å². The van der Waals surface area contributed by atoms with Gasteiger partial charge in [-0.25, -0.2) is 13.1 Å². The van der Waals surface area contributed by atoms with Crippen LogP contribution in [0.3, 0.4) is 0 Å². The highest BCUT2D eigenvalue weighted by Crippen LogP contribution is 2.24. The summed E-state index contributed by atoms with van der Waals surface area (Å²) in [6.45, 7) is 4.57. The normalized spacial score (nSPS) is 31.2. The Morgan fingerprint density at radius 1 is 1.17 bits per heavy atom. The molecular formula is C13H26N2O2S. The van der Waals surface area contributed by atoms with E-state index in [4.69, 9.17) is 0 Å². The molecule has 0 amide bonds. The minimum absolute atomic E-state index is 0.155. The molecule has 3 unspecified atom stereocenters. The molecule has 0 aromatic heterocycles. The van der Waals surface area contributed by atoms with Gasteiger partial charge in [-0.15, -0.1) is 0 Å². The smallest absolute Gasteiger partial charge is 0.215 e. The summed E-state index contributed by atoms with van der Waals surface area (Å²) in [7, 11) is -3.16. The highest BCUT2D eigenvalue weighted by atomic mass is 32.2. The molecule has 18 heavy (non-hydrogen) atoms. The van der Waals surface area contributed by atoms with E-state index in [0.717, 1.165) is 19.3 Å². The summed E-state index contributed by atoms with van der Waals surface area (Å²) >= 11 is 0. The average molecular weight is 274 g/mol. The maximum Gasteiger partial charge on any atom is 0.215 e. The van der Waals surface area contributed by atoms with Crippen molar-refractivity contribution in [3.05, 3.63) is 0 Å². The Hall–Kier alpha value is -0.130. The topological polar surface area (TPSA) is 58.2 Å². The Bertz CT molecular complexity index is 365. The third kappa shape index (κ3) is 4.21. The second-order valence-electron chi connectivity index (χ2n) is 6.12. The average Bonchev–Trinajstić information content (AvgIpc) is 3.08. The van der Waals surface area contributed by atoms with Crippen LogP contribution in [0.25, 0.3) is 0 Å². The van der Waals surface area contributed by atoms with Crippen LogP contribution in [-0.2, 0) is 10.0 Å². The summed E-state index contributed by atoms with van der Waals surface area (Å²) in [6.07, 6.45) is 6.75. The Balaban J connectivity index is 1.80. The molecular weight excluding hydrogens is 248 g/mol. The first-order valence-electron chi connectivity index (χ1n) is 7.22. The molecule has 106 valence electrons. The van der Waals surface area contributed by atoms with Gasteiger partial charge in [0, 0.05) is 18.6 Å². The molecule has 4 nitrogen and oxygen atoms in total. The van der Waals surface area contributed by atoms with E-state index in [1.54, 1.807) is 6.92 Å². The molecule has 2 saturated carbocycles. The number of nitrogens with one attached hydrogen (secondary N) is 2. The van der Waals surface area contributed by atoms with Crippen molar-refractivity contribution in [2.45, 2.75) is 69.7 Å². The van der Waals surface area contributed by atoms with E-state index in [9.17, 15) is 8.42 Å². The van der Waals surface area contributed by atoms with Gasteiger partial charge in [0.05, 0.1) is 5.25 Å². The molecule has 2 aliphatic carbocycles. The number of hydrogen-bond donors (Lipinski definition) is 2. The summed E-state index contributed by atoms with van der Waals surface area (Å²) in [6, 6.07) is 0.722. The van der Waals surface area contributed by atoms with Gasteiger partial charge in [0.25, 0.3) is 0 Å². The van der Waals surface area contributed by atoms with Crippen molar-refractivity contribution in [2.24, 2.45) is 5.92 Å². The predicted octanol–water partition coefficient (Wildman–Crippen LogP) is 1.62. The second-order valence-corrected chi connectivity index (χ2v) is 8.26. The quantitative estimate of drug-likeness (QED) is 0.774. The first kappa shape index (κ1) is 14.3. The maximum atomic E-state index is 12.2. The third-order valence-corrected chi connectivity index (χ3v) is 5.96. The lowest BCUT2D eigenvalue weighted by molar-refractivity contribution is 0.326. The third-order valence-electron chi connectivity index (χ3n) is 4.07. The fourth-order valence-corrected chi connectivity index (χ4v) is 3.85. The zero-order valence-electron chi connectivity index (χ0n) is 11.5. The van der Waals surface area contributed by atoms with Crippen molar-refractivity contribution in [3.63, 3.8) is 0 Å². The number of sulfonamides is 1. The first-order chi connectivity index (χ1) is 8.47. The molecule has 0 spiro atoms. The van der Waals surface area contributed by atoms with E-state index in [-0.39, 0.29) is 11.3 Å². The van der Waals surface area contributed by atoms with Gasteiger partial charge in [-0.1, -0.05) is 19.8 Å². The fraction of sp³-hybridized carbons (Fsp3) is 1.00. The zero-order chi connectivity index (χ0) is 13.2.